The molecule has 3 aliphatic heterocycles. The van der Waals surface area contributed by atoms with Crippen molar-refractivity contribution in [3.63, 3.8) is 0 Å². The minimum atomic E-state index is -2.49. The maximum atomic E-state index is 12.5. The highest BCUT2D eigenvalue weighted by atomic mass is 16.7. The Labute approximate surface area is 203 Å². The number of carboxylic acids is 1. The molecule has 194 valence electrons. The predicted octanol–water partition coefficient (Wildman–Crippen LogP) is -1.76. The highest BCUT2D eigenvalue weighted by Crippen LogP contribution is 2.47. The molecule has 3 fully saturated rings. The molecule has 15 nitrogen and oxygen atoms in total. The second-order valence-corrected chi connectivity index (χ2v) is 8.88. The number of nitrogen functional groups attached to an aromatic ring is 1. The molecule has 2 aromatic heterocycles. The number of carboxylic acid groups (broad SMARTS) is 1. The van der Waals surface area contributed by atoms with Crippen molar-refractivity contribution in [3.05, 3.63) is 24.3 Å². The second kappa shape index (κ2) is 8.72. The van der Waals surface area contributed by atoms with E-state index in [-0.39, 0.29) is 23.5 Å². The third kappa shape index (κ3) is 3.63. The summed E-state index contributed by atoms with van der Waals surface area (Å²) in [6.45, 7) is 3.04. The number of fused-ring (bicyclic) bond motifs is 3. The number of allylic oxidation sites excluding steroid dienone is 1. The van der Waals surface area contributed by atoms with Crippen LogP contribution in [0, 0.1) is 0 Å². The molecule has 0 radical (unpaired) electrons. The molecule has 1 unspecified atom stereocenters. The van der Waals surface area contributed by atoms with Crippen LogP contribution < -0.4 is 5.73 Å². The average Bonchev–Trinajstić information content (AvgIpc) is 3.40. The van der Waals surface area contributed by atoms with E-state index in [1.807, 2.05) is 0 Å². The fraction of sp³-hybridized carbons (Fsp3) is 0.571. The van der Waals surface area contributed by atoms with Crippen molar-refractivity contribution >= 4 is 28.9 Å². The van der Waals surface area contributed by atoms with Crippen molar-refractivity contribution in [1.82, 2.24) is 19.5 Å². The van der Waals surface area contributed by atoms with E-state index in [9.17, 15) is 30.0 Å². The van der Waals surface area contributed by atoms with Crippen LogP contribution in [0.2, 0.25) is 0 Å². The van der Waals surface area contributed by atoms with Crippen molar-refractivity contribution in [2.45, 2.75) is 75.0 Å². The number of rotatable bonds is 4. The van der Waals surface area contributed by atoms with Gasteiger partial charge in [0, 0.05) is 12.0 Å². The summed E-state index contributed by atoms with van der Waals surface area (Å²) in [5.74, 6) is -4.78. The first-order valence-electron chi connectivity index (χ1n) is 11.1. The van der Waals surface area contributed by atoms with Gasteiger partial charge in [-0.05, 0) is 13.8 Å². The van der Waals surface area contributed by atoms with E-state index in [0.717, 1.165) is 0 Å². The summed E-state index contributed by atoms with van der Waals surface area (Å²) in [7, 11) is 0. The number of imidazole rings is 1. The van der Waals surface area contributed by atoms with Gasteiger partial charge in [0.2, 0.25) is 5.79 Å². The van der Waals surface area contributed by atoms with E-state index in [4.69, 9.17) is 24.7 Å². The number of ether oxygens (including phenoxy) is 4. The number of aliphatic hydroxyl groups excluding tert-OH is 2. The van der Waals surface area contributed by atoms with E-state index in [2.05, 4.69) is 15.0 Å². The number of esters is 1. The second-order valence-electron chi connectivity index (χ2n) is 8.88. The third-order valence-electron chi connectivity index (χ3n) is 6.77. The Morgan fingerprint density at radius 2 is 2.00 bits per heavy atom. The number of carbonyl (C=O) groups is 2. The van der Waals surface area contributed by atoms with Crippen molar-refractivity contribution in [2.24, 2.45) is 0 Å². The van der Waals surface area contributed by atoms with Crippen molar-refractivity contribution in [1.29, 1.82) is 0 Å². The van der Waals surface area contributed by atoms with Gasteiger partial charge in [-0.2, -0.15) is 0 Å². The number of carbonyl (C=O) groups excluding carboxylic acids is 1. The smallest absolute Gasteiger partial charge is 0.335 e. The Balaban J connectivity index is 1.47. The molecule has 0 aliphatic carbocycles. The molecule has 3 aliphatic rings. The van der Waals surface area contributed by atoms with E-state index >= 15 is 0 Å². The molecule has 15 heteroatoms. The van der Waals surface area contributed by atoms with E-state index in [1.165, 1.54) is 30.2 Å². The Bertz CT molecular complexity index is 1230. The zero-order valence-corrected chi connectivity index (χ0v) is 19.2. The fourth-order valence-electron chi connectivity index (χ4n) is 4.76. The SMILES string of the molecule is C/C=C(\C)C(=O)O[C@H]1[C@H](O)[C@@H](C(=O)O)O[C@@H]2C[C@H]3OC(n4cnc5c(N)ncnc54)[C@H](O)[C@H]3O[C@]21O. The molecule has 5 heterocycles. The average molecular weight is 507 g/mol. The van der Waals surface area contributed by atoms with Crippen LogP contribution in [0.1, 0.15) is 26.5 Å². The quantitative estimate of drug-likeness (QED) is 0.228. The Kier molecular flexibility index (Phi) is 5.93. The normalized spacial score (nSPS) is 38.4. The Hall–Kier alpha value is -3.21. The minimum absolute atomic E-state index is 0.128. The number of hydrogen-bond donors (Lipinski definition) is 5. The lowest BCUT2D eigenvalue weighted by atomic mass is 9.84. The van der Waals surface area contributed by atoms with Gasteiger partial charge >= 0.3 is 11.9 Å². The summed E-state index contributed by atoms with van der Waals surface area (Å²) >= 11 is 0. The van der Waals surface area contributed by atoms with Crippen molar-refractivity contribution < 1.29 is 49.0 Å². The van der Waals surface area contributed by atoms with Crippen LogP contribution in [0.25, 0.3) is 11.2 Å². The zero-order valence-electron chi connectivity index (χ0n) is 19.2. The van der Waals surface area contributed by atoms with Gasteiger partial charge in [0.25, 0.3) is 0 Å². The number of aromatic nitrogens is 4. The lowest BCUT2D eigenvalue weighted by Gasteiger charge is -2.52. The van der Waals surface area contributed by atoms with Gasteiger partial charge in [0.1, 0.15) is 36.3 Å². The van der Waals surface area contributed by atoms with Crippen LogP contribution in [-0.4, -0.2) is 100 Å². The summed E-state index contributed by atoms with van der Waals surface area (Å²) in [6.07, 6.45) is -7.62. The van der Waals surface area contributed by atoms with Crippen molar-refractivity contribution in [3.8, 4) is 0 Å². The molecular weight excluding hydrogens is 482 g/mol. The molecule has 36 heavy (non-hydrogen) atoms. The molecular formula is C21H25N5O10. The molecule has 0 saturated carbocycles. The topological polar surface area (TPSA) is 222 Å². The van der Waals surface area contributed by atoms with Gasteiger partial charge in [-0.25, -0.2) is 24.5 Å². The Morgan fingerprint density at radius 1 is 1.25 bits per heavy atom. The molecule has 0 bridgehead atoms. The number of hydrogen-bond acceptors (Lipinski definition) is 13. The van der Waals surface area contributed by atoms with Crippen LogP contribution in [0.3, 0.4) is 0 Å². The first-order chi connectivity index (χ1) is 17.1. The predicted molar refractivity (Wildman–Crippen MR) is 116 cm³/mol. The van der Waals surface area contributed by atoms with Crippen LogP contribution in [0.4, 0.5) is 5.82 Å². The third-order valence-corrected chi connectivity index (χ3v) is 6.77. The van der Waals surface area contributed by atoms with Gasteiger partial charge in [0.05, 0.1) is 12.4 Å². The van der Waals surface area contributed by atoms with Crippen LogP contribution in [-0.2, 0) is 28.5 Å². The molecule has 0 spiro atoms. The van der Waals surface area contributed by atoms with Crippen LogP contribution in [0.15, 0.2) is 24.3 Å². The van der Waals surface area contributed by atoms with Gasteiger partial charge in [0.15, 0.2) is 29.9 Å². The standard InChI is InChI=1S/C21H25N5O10/c1-3-7(2)20(31)35-15-11(27)14(19(29)30)34-9-4-8-13(36-21(9,15)32)12(28)18(33-8)26-6-25-10-16(22)23-5-24-17(10)26/h3,5-6,8-9,11-15,18,27-28,32H,4H2,1-2H3,(H,29,30)(H2,22,23,24)/b7-3+/t8-,9-,11-,12-,13+,14+,15+,18?,21-/m1/s1. The van der Waals surface area contributed by atoms with E-state index in [0.29, 0.717) is 5.52 Å². The monoisotopic (exact) mass is 507 g/mol. The lowest BCUT2D eigenvalue weighted by molar-refractivity contribution is -0.396. The first-order valence-corrected chi connectivity index (χ1v) is 11.1. The van der Waals surface area contributed by atoms with Gasteiger partial charge < -0.3 is 45.1 Å². The van der Waals surface area contributed by atoms with Gasteiger partial charge in [-0.15, -0.1) is 0 Å². The molecule has 6 N–H and O–H groups in total. The van der Waals surface area contributed by atoms with E-state index < -0.39 is 66.7 Å². The summed E-state index contributed by atoms with van der Waals surface area (Å²) in [5, 5.41) is 42.8. The molecule has 5 rings (SSSR count). The lowest BCUT2D eigenvalue weighted by Crippen LogP contribution is -2.73. The summed E-state index contributed by atoms with van der Waals surface area (Å²) < 4.78 is 24.0. The molecule has 0 amide bonds. The van der Waals surface area contributed by atoms with Gasteiger partial charge in [-0.1, -0.05) is 6.08 Å². The number of aliphatic carboxylic acids is 1. The molecule has 2 aromatic rings. The number of nitrogens with two attached hydrogens (primary N) is 1. The number of aliphatic hydroxyl groups is 3. The zero-order chi connectivity index (χ0) is 25.9. The van der Waals surface area contributed by atoms with Crippen LogP contribution >= 0.6 is 0 Å². The Morgan fingerprint density at radius 3 is 2.69 bits per heavy atom. The highest BCUT2D eigenvalue weighted by Gasteiger charge is 2.66. The number of anilines is 1. The molecule has 3 saturated heterocycles. The maximum absolute atomic E-state index is 12.5. The highest BCUT2D eigenvalue weighted by molar-refractivity contribution is 5.88. The number of nitrogens with zero attached hydrogens (tertiary/aromatic N) is 4. The van der Waals surface area contributed by atoms with E-state index in [1.54, 1.807) is 6.92 Å². The molecule has 9 atom stereocenters. The van der Waals surface area contributed by atoms with Gasteiger partial charge in [-0.3, -0.25) is 4.57 Å². The minimum Gasteiger partial charge on any atom is -0.479 e. The first kappa shape index (κ1) is 24.5. The molecule has 0 aromatic carbocycles. The maximum Gasteiger partial charge on any atom is 0.335 e. The summed E-state index contributed by atoms with van der Waals surface area (Å²) in [4.78, 5) is 36.4. The largest absolute Gasteiger partial charge is 0.479 e. The van der Waals surface area contributed by atoms with Crippen LogP contribution in [0.5, 0.6) is 0 Å². The van der Waals surface area contributed by atoms with Crippen molar-refractivity contribution in [2.75, 3.05) is 5.73 Å². The fourth-order valence-corrected chi connectivity index (χ4v) is 4.76. The summed E-state index contributed by atoms with van der Waals surface area (Å²) in [5.41, 5.74) is 6.57. The summed E-state index contributed by atoms with van der Waals surface area (Å²) in [6, 6.07) is 0.